The van der Waals surface area contributed by atoms with E-state index >= 15 is 0 Å². The lowest BCUT2D eigenvalue weighted by Gasteiger charge is -1.89. The van der Waals surface area contributed by atoms with Gasteiger partial charge in [0, 0.05) is 0 Å². The third kappa shape index (κ3) is 7.29. The second-order valence-electron chi connectivity index (χ2n) is 1.79. The van der Waals surface area contributed by atoms with Gasteiger partial charge in [-0.1, -0.05) is 0 Å². The highest BCUT2D eigenvalue weighted by molar-refractivity contribution is 5.85. The Bertz CT molecular complexity index is 150. The molecule has 3 nitrogen and oxygen atoms in total. The molecule has 0 aliphatic carbocycles. The first-order chi connectivity index (χ1) is 4.68. The molecule has 0 aliphatic rings. The molecule has 0 fully saturated rings. The van der Waals surface area contributed by atoms with Crippen molar-refractivity contribution in [3.8, 4) is 0 Å². The zero-order chi connectivity index (χ0) is 7.98. The monoisotopic (exact) mass is 183 g/mol. The van der Waals surface area contributed by atoms with Crippen LogP contribution in [0.2, 0.25) is 0 Å². The summed E-state index contributed by atoms with van der Waals surface area (Å²) in [4.78, 5) is 9.82. The van der Waals surface area contributed by atoms with Crippen LogP contribution in [0.15, 0.2) is 11.9 Å². The Hall–Kier alpha value is -0.610. The molecule has 5 heteroatoms. The number of halogens is 2. The molecule has 0 rings (SSSR count). The minimum Gasteiger partial charge on any atom is -0.476 e. The molecule has 0 saturated heterocycles. The lowest BCUT2D eigenvalue weighted by Crippen LogP contribution is -1.98. The minimum atomic E-state index is -1.52. The van der Waals surface area contributed by atoms with Gasteiger partial charge < -0.3 is 10.8 Å². The maximum atomic E-state index is 12.1. The summed E-state index contributed by atoms with van der Waals surface area (Å²) < 4.78 is 12.1. The average molecular weight is 184 g/mol. The first-order valence-electron chi connectivity index (χ1n) is 2.97. The summed E-state index contributed by atoms with van der Waals surface area (Å²) in [6.45, 7) is 0.448. The van der Waals surface area contributed by atoms with Crippen molar-refractivity contribution in [2.45, 2.75) is 12.8 Å². The number of unbranched alkanes of at least 4 members (excludes halogenated alkanes) is 1. The highest BCUT2D eigenvalue weighted by atomic mass is 35.5. The van der Waals surface area contributed by atoms with Crippen molar-refractivity contribution in [3.63, 3.8) is 0 Å². The number of carboxylic acids is 1. The van der Waals surface area contributed by atoms with E-state index in [1.807, 2.05) is 0 Å². The zero-order valence-electron chi connectivity index (χ0n) is 5.92. The molecule has 0 unspecified atom stereocenters. The van der Waals surface area contributed by atoms with Crippen molar-refractivity contribution in [3.05, 3.63) is 11.9 Å². The summed E-state index contributed by atoms with van der Waals surface area (Å²) >= 11 is 0. The normalized spacial score (nSPS) is 10.5. The number of rotatable bonds is 4. The molecule has 0 amide bonds. The minimum absolute atomic E-state index is 0. The van der Waals surface area contributed by atoms with E-state index in [1.165, 1.54) is 0 Å². The van der Waals surface area contributed by atoms with E-state index < -0.39 is 11.8 Å². The van der Waals surface area contributed by atoms with Crippen molar-refractivity contribution in [2.75, 3.05) is 6.54 Å². The van der Waals surface area contributed by atoms with E-state index in [0.29, 0.717) is 19.4 Å². The standard InChI is InChI=1S/C6H10FNO2.ClH/c7-5(6(9)10)3-1-2-4-8;/h3H,1-2,4,8H2,(H,9,10);1H. The van der Waals surface area contributed by atoms with Crippen molar-refractivity contribution in [1.29, 1.82) is 0 Å². The van der Waals surface area contributed by atoms with Gasteiger partial charge in [0.25, 0.3) is 0 Å². The second kappa shape index (κ2) is 7.50. The van der Waals surface area contributed by atoms with Gasteiger partial charge in [0.1, 0.15) is 0 Å². The molecule has 0 aromatic rings. The van der Waals surface area contributed by atoms with Crippen LogP contribution in [-0.2, 0) is 4.79 Å². The van der Waals surface area contributed by atoms with Crippen molar-refractivity contribution in [1.82, 2.24) is 0 Å². The summed E-state index contributed by atoms with van der Waals surface area (Å²) in [7, 11) is 0. The lowest BCUT2D eigenvalue weighted by molar-refractivity contribution is -0.134. The first kappa shape index (κ1) is 13.0. The summed E-state index contributed by atoms with van der Waals surface area (Å²) in [5, 5.41) is 8.01. The Morgan fingerprint density at radius 1 is 1.64 bits per heavy atom. The zero-order valence-corrected chi connectivity index (χ0v) is 6.73. The SMILES string of the molecule is Cl.NCCCC=C(F)C(=O)O. The summed E-state index contributed by atoms with van der Waals surface area (Å²) in [6.07, 6.45) is 2.02. The predicted molar refractivity (Wildman–Crippen MR) is 42.4 cm³/mol. The van der Waals surface area contributed by atoms with Crippen LogP contribution < -0.4 is 5.73 Å². The van der Waals surface area contributed by atoms with Gasteiger partial charge in [-0.25, -0.2) is 4.79 Å². The van der Waals surface area contributed by atoms with Crippen LogP contribution in [0.5, 0.6) is 0 Å². The van der Waals surface area contributed by atoms with Gasteiger partial charge in [0.2, 0.25) is 5.83 Å². The molecule has 0 bridgehead atoms. The summed E-state index contributed by atoms with van der Waals surface area (Å²) in [5.74, 6) is -2.62. The molecular formula is C6H11ClFNO2. The fraction of sp³-hybridized carbons (Fsp3) is 0.500. The van der Waals surface area contributed by atoms with Crippen LogP contribution in [-0.4, -0.2) is 17.6 Å². The lowest BCUT2D eigenvalue weighted by atomic mass is 10.3. The maximum Gasteiger partial charge on any atom is 0.364 e. The third-order valence-corrected chi connectivity index (χ3v) is 0.936. The van der Waals surface area contributed by atoms with E-state index in [-0.39, 0.29) is 12.4 Å². The summed E-state index contributed by atoms with van der Waals surface area (Å²) in [6, 6.07) is 0. The molecular weight excluding hydrogens is 173 g/mol. The highest BCUT2D eigenvalue weighted by Gasteiger charge is 2.02. The molecule has 66 valence electrons. The van der Waals surface area contributed by atoms with E-state index in [0.717, 1.165) is 6.08 Å². The molecule has 0 aliphatic heterocycles. The van der Waals surface area contributed by atoms with Gasteiger partial charge >= 0.3 is 5.97 Å². The molecule has 0 aromatic heterocycles. The fourth-order valence-electron chi connectivity index (χ4n) is 0.434. The number of hydrogen-bond donors (Lipinski definition) is 2. The van der Waals surface area contributed by atoms with Crippen molar-refractivity contribution >= 4 is 18.4 Å². The number of allylic oxidation sites excluding steroid dienone is 1. The maximum absolute atomic E-state index is 12.1. The van der Waals surface area contributed by atoms with Gasteiger partial charge in [-0.3, -0.25) is 0 Å². The number of nitrogens with two attached hydrogens (primary N) is 1. The smallest absolute Gasteiger partial charge is 0.364 e. The first-order valence-corrected chi connectivity index (χ1v) is 2.97. The van der Waals surface area contributed by atoms with Crippen molar-refractivity contribution in [2.24, 2.45) is 5.73 Å². The van der Waals surface area contributed by atoms with Gasteiger partial charge in [0.05, 0.1) is 0 Å². The van der Waals surface area contributed by atoms with Gasteiger partial charge in [0.15, 0.2) is 0 Å². The molecule has 11 heavy (non-hydrogen) atoms. The van der Waals surface area contributed by atoms with Crippen LogP contribution in [0.1, 0.15) is 12.8 Å². The Morgan fingerprint density at radius 3 is 2.55 bits per heavy atom. The van der Waals surface area contributed by atoms with Crippen LogP contribution in [0.4, 0.5) is 4.39 Å². The second-order valence-corrected chi connectivity index (χ2v) is 1.79. The average Bonchev–Trinajstić information content (AvgIpc) is 1.88. The number of carbonyl (C=O) groups is 1. The number of hydrogen-bond acceptors (Lipinski definition) is 2. The molecule has 0 atom stereocenters. The van der Waals surface area contributed by atoms with Crippen LogP contribution in [0.3, 0.4) is 0 Å². The molecule has 0 heterocycles. The van der Waals surface area contributed by atoms with Crippen LogP contribution in [0.25, 0.3) is 0 Å². The predicted octanol–water partition coefficient (Wildman–Crippen LogP) is 1.09. The van der Waals surface area contributed by atoms with E-state index in [9.17, 15) is 9.18 Å². The van der Waals surface area contributed by atoms with Gasteiger partial charge in [-0.05, 0) is 25.5 Å². The molecule has 0 aromatic carbocycles. The molecule has 0 spiro atoms. The fourth-order valence-corrected chi connectivity index (χ4v) is 0.434. The van der Waals surface area contributed by atoms with E-state index in [1.54, 1.807) is 0 Å². The van der Waals surface area contributed by atoms with Crippen LogP contribution in [0, 0.1) is 0 Å². The Kier molecular flexibility index (Phi) is 8.87. The molecule has 0 radical (unpaired) electrons. The summed E-state index contributed by atoms with van der Waals surface area (Å²) in [5.41, 5.74) is 5.09. The topological polar surface area (TPSA) is 63.3 Å². The quantitative estimate of drug-likeness (QED) is 0.507. The molecule has 3 N–H and O–H groups in total. The Labute approximate surface area is 70.5 Å². The largest absolute Gasteiger partial charge is 0.476 e. The van der Waals surface area contributed by atoms with E-state index in [4.69, 9.17) is 10.8 Å². The van der Waals surface area contributed by atoms with Crippen LogP contribution >= 0.6 is 12.4 Å². The number of aliphatic carboxylic acids is 1. The third-order valence-electron chi connectivity index (χ3n) is 0.936. The Morgan fingerprint density at radius 2 is 2.18 bits per heavy atom. The Balaban J connectivity index is 0. The van der Waals surface area contributed by atoms with Crippen molar-refractivity contribution < 1.29 is 14.3 Å². The highest BCUT2D eigenvalue weighted by Crippen LogP contribution is 1.99. The van der Waals surface area contributed by atoms with E-state index in [2.05, 4.69) is 0 Å². The number of carboxylic acid groups (broad SMARTS) is 1. The van der Waals surface area contributed by atoms with Gasteiger partial charge in [-0.15, -0.1) is 12.4 Å². The molecule has 0 saturated carbocycles. The van der Waals surface area contributed by atoms with Gasteiger partial charge in [-0.2, -0.15) is 4.39 Å².